The van der Waals surface area contributed by atoms with Crippen molar-refractivity contribution in [2.45, 2.75) is 20.3 Å². The first kappa shape index (κ1) is 14.4. The zero-order chi connectivity index (χ0) is 14.5. The van der Waals surface area contributed by atoms with Crippen molar-refractivity contribution in [3.8, 4) is 0 Å². The zero-order valence-corrected chi connectivity index (χ0v) is 12.1. The highest BCUT2D eigenvalue weighted by molar-refractivity contribution is 6.30. The van der Waals surface area contributed by atoms with Gasteiger partial charge in [0.15, 0.2) is 0 Å². The summed E-state index contributed by atoms with van der Waals surface area (Å²) in [6, 6.07) is 6.73. The number of carbonyl (C=O) groups excluding carboxylic acids is 1. The SMILES string of the molecule is Cc1noc(C)c1CCNC(=O)Nc1cccc(Cl)c1. The van der Waals surface area contributed by atoms with Gasteiger partial charge in [0.05, 0.1) is 5.69 Å². The third-order valence-electron chi connectivity index (χ3n) is 2.92. The minimum atomic E-state index is -0.265. The Morgan fingerprint density at radius 2 is 2.20 bits per heavy atom. The number of amides is 2. The van der Waals surface area contributed by atoms with Gasteiger partial charge in [0, 0.05) is 22.8 Å². The molecule has 106 valence electrons. The molecule has 0 saturated carbocycles. The van der Waals surface area contributed by atoms with Gasteiger partial charge in [-0.05, 0) is 38.5 Å². The van der Waals surface area contributed by atoms with Crippen LogP contribution in [0.15, 0.2) is 28.8 Å². The molecule has 0 aliphatic rings. The second kappa shape index (κ2) is 6.43. The lowest BCUT2D eigenvalue weighted by atomic mass is 10.1. The average Bonchev–Trinajstić information content (AvgIpc) is 2.70. The fourth-order valence-electron chi connectivity index (χ4n) is 1.90. The topological polar surface area (TPSA) is 67.2 Å². The summed E-state index contributed by atoms with van der Waals surface area (Å²) in [6.45, 7) is 4.26. The number of benzene rings is 1. The Kier molecular flexibility index (Phi) is 4.63. The van der Waals surface area contributed by atoms with Gasteiger partial charge in [-0.25, -0.2) is 4.79 Å². The molecule has 0 spiro atoms. The maximum atomic E-state index is 11.7. The molecule has 2 rings (SSSR count). The summed E-state index contributed by atoms with van der Waals surface area (Å²) in [5.41, 5.74) is 2.56. The number of hydrogen-bond acceptors (Lipinski definition) is 3. The van der Waals surface area contributed by atoms with E-state index in [2.05, 4.69) is 15.8 Å². The molecule has 2 aromatic rings. The van der Waals surface area contributed by atoms with Crippen LogP contribution in [0.1, 0.15) is 17.0 Å². The Hall–Kier alpha value is -2.01. The van der Waals surface area contributed by atoms with Crippen LogP contribution < -0.4 is 10.6 Å². The number of aromatic nitrogens is 1. The molecular weight excluding hydrogens is 278 g/mol. The second-order valence-corrected chi connectivity index (χ2v) is 4.88. The Morgan fingerprint density at radius 1 is 1.40 bits per heavy atom. The summed E-state index contributed by atoms with van der Waals surface area (Å²) < 4.78 is 5.07. The van der Waals surface area contributed by atoms with Crippen LogP contribution in [-0.2, 0) is 6.42 Å². The van der Waals surface area contributed by atoms with Crippen molar-refractivity contribution < 1.29 is 9.32 Å². The number of urea groups is 1. The van der Waals surface area contributed by atoms with Gasteiger partial charge in [0.25, 0.3) is 0 Å². The molecule has 0 saturated heterocycles. The molecule has 0 bridgehead atoms. The minimum absolute atomic E-state index is 0.265. The lowest BCUT2D eigenvalue weighted by Gasteiger charge is -2.07. The van der Waals surface area contributed by atoms with Gasteiger partial charge in [0.1, 0.15) is 5.76 Å². The highest BCUT2D eigenvalue weighted by Gasteiger charge is 2.09. The molecule has 0 radical (unpaired) electrons. The van der Waals surface area contributed by atoms with Crippen molar-refractivity contribution in [1.82, 2.24) is 10.5 Å². The molecule has 1 aromatic carbocycles. The van der Waals surface area contributed by atoms with Crippen molar-refractivity contribution in [3.63, 3.8) is 0 Å². The standard InChI is InChI=1S/C14H16ClN3O2/c1-9-13(10(2)20-18-9)6-7-16-14(19)17-12-5-3-4-11(15)8-12/h3-5,8H,6-7H2,1-2H3,(H2,16,17,19). The van der Waals surface area contributed by atoms with E-state index in [1.807, 2.05) is 13.8 Å². The molecule has 0 aliphatic heterocycles. The molecule has 6 heteroatoms. The van der Waals surface area contributed by atoms with Crippen molar-refractivity contribution >= 4 is 23.3 Å². The number of rotatable bonds is 4. The number of anilines is 1. The molecular formula is C14H16ClN3O2. The van der Waals surface area contributed by atoms with E-state index in [-0.39, 0.29) is 6.03 Å². The Labute approximate surface area is 122 Å². The predicted molar refractivity (Wildman–Crippen MR) is 78.2 cm³/mol. The molecule has 0 atom stereocenters. The maximum absolute atomic E-state index is 11.7. The highest BCUT2D eigenvalue weighted by Crippen LogP contribution is 2.15. The predicted octanol–water partition coefficient (Wildman–Crippen LogP) is 3.31. The number of aryl methyl sites for hydroxylation is 2. The molecule has 20 heavy (non-hydrogen) atoms. The van der Waals surface area contributed by atoms with Gasteiger partial charge < -0.3 is 15.2 Å². The van der Waals surface area contributed by atoms with E-state index >= 15 is 0 Å². The summed E-state index contributed by atoms with van der Waals surface area (Å²) in [5.74, 6) is 0.791. The number of halogens is 1. The maximum Gasteiger partial charge on any atom is 0.319 e. The fourth-order valence-corrected chi connectivity index (χ4v) is 2.09. The number of nitrogens with zero attached hydrogens (tertiary/aromatic N) is 1. The van der Waals surface area contributed by atoms with E-state index in [1.54, 1.807) is 24.3 Å². The minimum Gasteiger partial charge on any atom is -0.361 e. The quantitative estimate of drug-likeness (QED) is 0.909. The molecule has 1 heterocycles. The average molecular weight is 294 g/mol. The van der Waals surface area contributed by atoms with Gasteiger partial charge in [-0.1, -0.05) is 22.8 Å². The van der Waals surface area contributed by atoms with Crippen molar-refractivity contribution in [2.75, 3.05) is 11.9 Å². The molecule has 5 nitrogen and oxygen atoms in total. The fraction of sp³-hybridized carbons (Fsp3) is 0.286. The van der Waals surface area contributed by atoms with Gasteiger partial charge in [-0.3, -0.25) is 0 Å². The van der Waals surface area contributed by atoms with E-state index < -0.39 is 0 Å². The van der Waals surface area contributed by atoms with Gasteiger partial charge >= 0.3 is 6.03 Å². The van der Waals surface area contributed by atoms with Crippen LogP contribution in [0.4, 0.5) is 10.5 Å². The van der Waals surface area contributed by atoms with Crippen LogP contribution in [0.3, 0.4) is 0 Å². The first-order valence-corrected chi connectivity index (χ1v) is 6.66. The van der Waals surface area contributed by atoms with Crippen LogP contribution in [0.2, 0.25) is 5.02 Å². The van der Waals surface area contributed by atoms with Crippen LogP contribution in [-0.4, -0.2) is 17.7 Å². The normalized spacial score (nSPS) is 10.3. The summed E-state index contributed by atoms with van der Waals surface area (Å²) in [7, 11) is 0. The van der Waals surface area contributed by atoms with E-state index in [9.17, 15) is 4.79 Å². The van der Waals surface area contributed by atoms with Crippen molar-refractivity contribution in [3.05, 3.63) is 46.3 Å². The van der Waals surface area contributed by atoms with Crippen LogP contribution in [0.25, 0.3) is 0 Å². The van der Waals surface area contributed by atoms with Crippen LogP contribution in [0.5, 0.6) is 0 Å². The van der Waals surface area contributed by atoms with Crippen LogP contribution in [0, 0.1) is 13.8 Å². The largest absolute Gasteiger partial charge is 0.361 e. The summed E-state index contributed by atoms with van der Waals surface area (Å²) in [4.78, 5) is 11.7. The third-order valence-corrected chi connectivity index (χ3v) is 3.16. The number of hydrogen-bond donors (Lipinski definition) is 2. The second-order valence-electron chi connectivity index (χ2n) is 4.44. The van der Waals surface area contributed by atoms with Crippen LogP contribution >= 0.6 is 11.6 Å². The molecule has 0 aliphatic carbocycles. The van der Waals surface area contributed by atoms with Crippen molar-refractivity contribution in [1.29, 1.82) is 0 Å². The molecule has 2 amide bonds. The number of nitrogens with one attached hydrogen (secondary N) is 2. The third kappa shape index (κ3) is 3.74. The first-order chi connectivity index (χ1) is 9.56. The Morgan fingerprint density at radius 3 is 2.85 bits per heavy atom. The zero-order valence-electron chi connectivity index (χ0n) is 11.4. The molecule has 0 fully saturated rings. The lowest BCUT2D eigenvalue weighted by Crippen LogP contribution is -2.30. The first-order valence-electron chi connectivity index (χ1n) is 6.28. The summed E-state index contributed by atoms with van der Waals surface area (Å²) in [5, 5.41) is 9.95. The van der Waals surface area contributed by atoms with E-state index in [0.717, 1.165) is 17.0 Å². The Bertz CT molecular complexity index is 591. The number of carbonyl (C=O) groups is 1. The van der Waals surface area contributed by atoms with Crippen molar-refractivity contribution in [2.24, 2.45) is 0 Å². The van der Waals surface area contributed by atoms with E-state index in [4.69, 9.17) is 16.1 Å². The summed E-state index contributed by atoms with van der Waals surface area (Å²) in [6.07, 6.45) is 0.685. The molecule has 1 aromatic heterocycles. The van der Waals surface area contributed by atoms with Gasteiger partial charge in [-0.15, -0.1) is 0 Å². The molecule has 0 unspecified atom stereocenters. The monoisotopic (exact) mass is 293 g/mol. The molecule has 2 N–H and O–H groups in total. The van der Waals surface area contributed by atoms with E-state index in [1.165, 1.54) is 0 Å². The highest BCUT2D eigenvalue weighted by atomic mass is 35.5. The van der Waals surface area contributed by atoms with E-state index in [0.29, 0.717) is 23.7 Å². The van der Waals surface area contributed by atoms with Gasteiger partial charge in [-0.2, -0.15) is 0 Å². The Balaban J connectivity index is 1.81. The summed E-state index contributed by atoms with van der Waals surface area (Å²) >= 11 is 5.85. The smallest absolute Gasteiger partial charge is 0.319 e. The lowest BCUT2D eigenvalue weighted by molar-refractivity contribution is 0.252. The van der Waals surface area contributed by atoms with Gasteiger partial charge in [0.2, 0.25) is 0 Å².